The van der Waals surface area contributed by atoms with Gasteiger partial charge in [-0.05, 0) is 39.3 Å². The fraction of sp³-hybridized carbons (Fsp3) is 1.00. The normalized spacial score (nSPS) is 13.9. The molecule has 7 heteroatoms. The van der Waals surface area contributed by atoms with Gasteiger partial charge in [-0.15, -0.1) is 0 Å². The third kappa shape index (κ3) is 9.34. The van der Waals surface area contributed by atoms with E-state index in [2.05, 4.69) is 17.0 Å². The lowest BCUT2D eigenvalue weighted by Gasteiger charge is -2.21. The molecule has 116 valence electrons. The van der Waals surface area contributed by atoms with Crippen LogP contribution in [0, 0.1) is 0 Å². The molecule has 1 unspecified atom stereocenters. The maximum atomic E-state index is 12.0. The minimum atomic E-state index is -3.38. The Morgan fingerprint density at radius 1 is 1.32 bits per heavy atom. The molecule has 6 nitrogen and oxygen atoms in total. The Morgan fingerprint density at radius 2 is 2.00 bits per heavy atom. The highest BCUT2D eigenvalue weighted by molar-refractivity contribution is 7.87. The molecule has 0 radical (unpaired) electrons. The van der Waals surface area contributed by atoms with Crippen molar-refractivity contribution in [2.24, 2.45) is 0 Å². The molecular weight excluding hydrogens is 266 g/mol. The Kier molecular flexibility index (Phi) is 10.4. The predicted octanol–water partition coefficient (Wildman–Crippen LogP) is 0.567. The zero-order valence-corrected chi connectivity index (χ0v) is 13.4. The van der Waals surface area contributed by atoms with Crippen LogP contribution in [0.2, 0.25) is 0 Å². The maximum absolute atomic E-state index is 12.0. The molecule has 1 atom stereocenters. The maximum Gasteiger partial charge on any atom is 0.279 e. The Bertz CT molecular complexity index is 309. The number of rotatable bonds is 12. The van der Waals surface area contributed by atoms with Gasteiger partial charge in [0.05, 0.1) is 0 Å². The van der Waals surface area contributed by atoms with Crippen LogP contribution in [0.1, 0.15) is 33.1 Å². The quantitative estimate of drug-likeness (QED) is 0.516. The van der Waals surface area contributed by atoms with Crippen LogP contribution in [-0.4, -0.2) is 59.2 Å². The minimum absolute atomic E-state index is 0.120. The van der Waals surface area contributed by atoms with Crippen molar-refractivity contribution in [1.82, 2.24) is 14.3 Å². The first-order valence-corrected chi connectivity index (χ1v) is 8.31. The molecule has 0 amide bonds. The highest BCUT2D eigenvalue weighted by Crippen LogP contribution is 2.00. The van der Waals surface area contributed by atoms with Gasteiger partial charge < -0.3 is 10.1 Å². The molecular formula is C12H29N3O3S. The van der Waals surface area contributed by atoms with Gasteiger partial charge in [0.2, 0.25) is 0 Å². The molecule has 0 bridgehead atoms. The van der Waals surface area contributed by atoms with Crippen molar-refractivity contribution >= 4 is 10.2 Å². The highest BCUT2D eigenvalue weighted by Gasteiger charge is 2.19. The number of nitrogens with zero attached hydrogens (tertiary/aromatic N) is 1. The number of ether oxygens (including phenoxy) is 1. The van der Waals surface area contributed by atoms with E-state index in [-0.39, 0.29) is 6.04 Å². The van der Waals surface area contributed by atoms with Crippen molar-refractivity contribution in [2.75, 3.05) is 40.4 Å². The Labute approximate surface area is 118 Å². The van der Waals surface area contributed by atoms with Crippen LogP contribution in [-0.2, 0) is 14.9 Å². The van der Waals surface area contributed by atoms with E-state index in [0.717, 1.165) is 25.9 Å². The van der Waals surface area contributed by atoms with Crippen LogP contribution in [0.4, 0.5) is 0 Å². The van der Waals surface area contributed by atoms with Gasteiger partial charge in [0.15, 0.2) is 0 Å². The SMILES string of the molecule is CCCNCCCN(C)S(=O)(=O)NC(C)CCOC. The smallest absolute Gasteiger partial charge is 0.279 e. The number of nitrogens with one attached hydrogen (secondary N) is 2. The standard InChI is InChI=1S/C12H29N3O3S/c1-5-8-13-9-6-10-15(3)19(16,17)14-12(2)7-11-18-4/h12-14H,5-11H2,1-4H3. The average Bonchev–Trinajstić information content (AvgIpc) is 2.35. The van der Waals surface area contributed by atoms with Gasteiger partial charge in [-0.25, -0.2) is 0 Å². The monoisotopic (exact) mass is 295 g/mol. The van der Waals surface area contributed by atoms with E-state index in [0.29, 0.717) is 19.6 Å². The highest BCUT2D eigenvalue weighted by atomic mass is 32.2. The van der Waals surface area contributed by atoms with E-state index >= 15 is 0 Å². The van der Waals surface area contributed by atoms with Crippen LogP contribution < -0.4 is 10.0 Å². The number of hydrogen-bond acceptors (Lipinski definition) is 4. The van der Waals surface area contributed by atoms with Gasteiger partial charge in [-0.3, -0.25) is 0 Å². The lowest BCUT2D eigenvalue weighted by Crippen LogP contribution is -2.43. The third-order valence-corrected chi connectivity index (χ3v) is 4.47. The first-order chi connectivity index (χ1) is 8.94. The second-order valence-corrected chi connectivity index (χ2v) is 6.54. The predicted molar refractivity (Wildman–Crippen MR) is 78.4 cm³/mol. The summed E-state index contributed by atoms with van der Waals surface area (Å²) in [5.74, 6) is 0. The molecule has 0 aliphatic rings. The molecule has 0 heterocycles. The Balaban J connectivity index is 3.96. The molecule has 2 N–H and O–H groups in total. The van der Waals surface area contributed by atoms with E-state index in [1.807, 2.05) is 6.92 Å². The van der Waals surface area contributed by atoms with Crippen molar-refractivity contribution in [3.63, 3.8) is 0 Å². The Morgan fingerprint density at radius 3 is 2.58 bits per heavy atom. The summed E-state index contributed by atoms with van der Waals surface area (Å²) in [4.78, 5) is 0. The fourth-order valence-corrected chi connectivity index (χ4v) is 2.72. The number of hydrogen-bond donors (Lipinski definition) is 2. The van der Waals surface area contributed by atoms with Crippen LogP contribution in [0.3, 0.4) is 0 Å². The van der Waals surface area contributed by atoms with E-state index in [1.54, 1.807) is 14.2 Å². The molecule has 0 aromatic carbocycles. The molecule has 0 fully saturated rings. The van der Waals surface area contributed by atoms with E-state index in [9.17, 15) is 8.42 Å². The van der Waals surface area contributed by atoms with Crippen LogP contribution in [0.5, 0.6) is 0 Å². The lowest BCUT2D eigenvalue weighted by atomic mass is 10.3. The molecule has 0 aromatic rings. The molecule has 0 aliphatic carbocycles. The summed E-state index contributed by atoms with van der Waals surface area (Å²) in [5, 5.41) is 3.25. The molecule has 0 rings (SSSR count). The second kappa shape index (κ2) is 10.6. The molecule has 0 aliphatic heterocycles. The van der Waals surface area contributed by atoms with Gasteiger partial charge in [-0.1, -0.05) is 6.92 Å². The largest absolute Gasteiger partial charge is 0.385 e. The zero-order chi connectivity index (χ0) is 14.7. The van der Waals surface area contributed by atoms with Gasteiger partial charge in [-0.2, -0.15) is 17.4 Å². The third-order valence-electron chi connectivity index (χ3n) is 2.77. The van der Waals surface area contributed by atoms with Crippen LogP contribution in [0.15, 0.2) is 0 Å². The molecule has 19 heavy (non-hydrogen) atoms. The summed E-state index contributed by atoms with van der Waals surface area (Å²) in [6.07, 6.45) is 2.57. The van der Waals surface area contributed by atoms with Crippen molar-refractivity contribution in [2.45, 2.75) is 39.2 Å². The van der Waals surface area contributed by atoms with E-state index < -0.39 is 10.2 Å². The zero-order valence-electron chi connectivity index (χ0n) is 12.6. The summed E-state index contributed by atoms with van der Waals surface area (Å²) in [6.45, 7) is 6.83. The average molecular weight is 295 g/mol. The van der Waals surface area contributed by atoms with Crippen molar-refractivity contribution in [3.05, 3.63) is 0 Å². The second-order valence-electron chi connectivity index (χ2n) is 4.73. The summed E-state index contributed by atoms with van der Waals surface area (Å²) >= 11 is 0. The summed E-state index contributed by atoms with van der Waals surface area (Å²) in [7, 11) is -0.173. The van der Waals surface area contributed by atoms with E-state index in [1.165, 1.54) is 4.31 Å². The van der Waals surface area contributed by atoms with Crippen LogP contribution >= 0.6 is 0 Å². The molecule has 0 aromatic heterocycles. The van der Waals surface area contributed by atoms with Gasteiger partial charge >= 0.3 is 0 Å². The van der Waals surface area contributed by atoms with Gasteiger partial charge in [0.25, 0.3) is 10.2 Å². The molecule has 0 spiro atoms. The summed E-state index contributed by atoms with van der Waals surface area (Å²) in [5.41, 5.74) is 0. The molecule has 0 saturated heterocycles. The Hall–Kier alpha value is -0.210. The van der Waals surface area contributed by atoms with Crippen molar-refractivity contribution < 1.29 is 13.2 Å². The first kappa shape index (κ1) is 18.8. The van der Waals surface area contributed by atoms with Crippen molar-refractivity contribution in [1.29, 1.82) is 0 Å². The van der Waals surface area contributed by atoms with E-state index in [4.69, 9.17) is 4.74 Å². The number of methoxy groups -OCH3 is 1. The topological polar surface area (TPSA) is 70.7 Å². The summed E-state index contributed by atoms with van der Waals surface area (Å²) in [6, 6.07) is -0.120. The fourth-order valence-electron chi connectivity index (χ4n) is 1.55. The van der Waals surface area contributed by atoms with Gasteiger partial charge in [0.1, 0.15) is 0 Å². The minimum Gasteiger partial charge on any atom is -0.385 e. The van der Waals surface area contributed by atoms with Crippen molar-refractivity contribution in [3.8, 4) is 0 Å². The summed E-state index contributed by atoms with van der Waals surface area (Å²) < 4.78 is 32.9. The first-order valence-electron chi connectivity index (χ1n) is 6.87. The van der Waals surface area contributed by atoms with Gasteiger partial charge in [0, 0.05) is 33.4 Å². The lowest BCUT2D eigenvalue weighted by molar-refractivity contribution is 0.187. The van der Waals surface area contributed by atoms with Crippen LogP contribution in [0.25, 0.3) is 0 Å². The molecule has 0 saturated carbocycles.